The molecule has 0 aliphatic heterocycles. The standard InChI is InChI=1S/C15H20Br3NO/c1-10-2-4-12(5-3-10)19-6-7-20-15-13(17)8-11(16)9-14(15)18/h8-10,12,19H,2-7H2,1H3. The maximum absolute atomic E-state index is 5.86. The van der Waals surface area contributed by atoms with Gasteiger partial charge in [-0.3, -0.25) is 0 Å². The molecule has 1 aliphatic carbocycles. The van der Waals surface area contributed by atoms with Gasteiger partial charge in [-0.1, -0.05) is 22.9 Å². The second-order valence-electron chi connectivity index (χ2n) is 5.46. The van der Waals surface area contributed by atoms with E-state index in [1.54, 1.807) is 0 Å². The van der Waals surface area contributed by atoms with Gasteiger partial charge in [-0.25, -0.2) is 0 Å². The van der Waals surface area contributed by atoms with Gasteiger partial charge in [-0.15, -0.1) is 0 Å². The molecule has 0 amide bonds. The zero-order valence-electron chi connectivity index (χ0n) is 11.6. The molecule has 1 aromatic carbocycles. The van der Waals surface area contributed by atoms with Gasteiger partial charge in [-0.05, 0) is 75.6 Å². The molecular weight excluding hydrogens is 450 g/mol. The van der Waals surface area contributed by atoms with Gasteiger partial charge in [0.05, 0.1) is 8.95 Å². The van der Waals surface area contributed by atoms with Crippen molar-refractivity contribution in [1.29, 1.82) is 0 Å². The number of halogens is 3. The van der Waals surface area contributed by atoms with Crippen molar-refractivity contribution < 1.29 is 4.74 Å². The van der Waals surface area contributed by atoms with Gasteiger partial charge in [0.1, 0.15) is 12.4 Å². The van der Waals surface area contributed by atoms with Crippen LogP contribution in [0.5, 0.6) is 5.75 Å². The number of ether oxygens (including phenoxy) is 1. The summed E-state index contributed by atoms with van der Waals surface area (Å²) in [6, 6.07) is 4.66. The van der Waals surface area contributed by atoms with E-state index < -0.39 is 0 Å². The zero-order valence-corrected chi connectivity index (χ0v) is 16.4. The summed E-state index contributed by atoms with van der Waals surface area (Å²) in [5.74, 6) is 1.77. The highest BCUT2D eigenvalue weighted by molar-refractivity contribution is 9.11. The van der Waals surface area contributed by atoms with Crippen LogP contribution in [0.4, 0.5) is 0 Å². The van der Waals surface area contributed by atoms with E-state index in [-0.39, 0.29) is 0 Å². The highest BCUT2D eigenvalue weighted by Gasteiger charge is 2.17. The third-order valence-corrected chi connectivity index (χ3v) is 5.40. The van der Waals surface area contributed by atoms with Gasteiger partial charge in [0, 0.05) is 17.1 Å². The Kier molecular flexibility index (Phi) is 6.85. The molecule has 2 nitrogen and oxygen atoms in total. The molecule has 0 aromatic heterocycles. The highest BCUT2D eigenvalue weighted by atomic mass is 79.9. The van der Waals surface area contributed by atoms with Gasteiger partial charge >= 0.3 is 0 Å². The predicted octanol–water partition coefficient (Wildman–Crippen LogP) is 5.52. The summed E-state index contributed by atoms with van der Waals surface area (Å²) in [7, 11) is 0. The van der Waals surface area contributed by atoms with Crippen LogP contribution in [0.15, 0.2) is 25.6 Å². The van der Waals surface area contributed by atoms with Crippen molar-refractivity contribution in [1.82, 2.24) is 5.32 Å². The fourth-order valence-corrected chi connectivity index (χ4v) is 5.03. The van der Waals surface area contributed by atoms with Crippen LogP contribution < -0.4 is 10.1 Å². The van der Waals surface area contributed by atoms with Crippen LogP contribution in [-0.4, -0.2) is 19.2 Å². The monoisotopic (exact) mass is 467 g/mol. The van der Waals surface area contributed by atoms with E-state index in [9.17, 15) is 0 Å². The number of rotatable bonds is 5. The number of hydrogen-bond donors (Lipinski definition) is 1. The fraction of sp³-hybridized carbons (Fsp3) is 0.600. The smallest absolute Gasteiger partial charge is 0.147 e. The molecule has 0 radical (unpaired) electrons. The molecular formula is C15H20Br3NO. The Hall–Kier alpha value is 0.420. The first-order valence-corrected chi connectivity index (χ1v) is 9.45. The summed E-state index contributed by atoms with van der Waals surface area (Å²) >= 11 is 10.5. The lowest BCUT2D eigenvalue weighted by Gasteiger charge is -2.27. The minimum absolute atomic E-state index is 0.673. The molecule has 2 rings (SSSR count). The van der Waals surface area contributed by atoms with E-state index in [4.69, 9.17) is 4.74 Å². The first-order valence-electron chi connectivity index (χ1n) is 7.07. The molecule has 0 heterocycles. The van der Waals surface area contributed by atoms with Crippen molar-refractivity contribution in [2.45, 2.75) is 38.6 Å². The van der Waals surface area contributed by atoms with Gasteiger partial charge in [0.25, 0.3) is 0 Å². The first-order chi connectivity index (χ1) is 9.56. The molecule has 1 saturated carbocycles. The van der Waals surface area contributed by atoms with Crippen molar-refractivity contribution >= 4 is 47.8 Å². The number of hydrogen-bond acceptors (Lipinski definition) is 2. The minimum Gasteiger partial charge on any atom is -0.490 e. The summed E-state index contributed by atoms with van der Waals surface area (Å²) in [6.07, 6.45) is 5.30. The van der Waals surface area contributed by atoms with E-state index >= 15 is 0 Å². The molecule has 0 bridgehead atoms. The third-order valence-electron chi connectivity index (χ3n) is 3.76. The summed E-state index contributed by atoms with van der Waals surface area (Å²) in [4.78, 5) is 0. The van der Waals surface area contributed by atoms with E-state index in [0.717, 1.165) is 31.6 Å². The Morgan fingerprint density at radius 2 is 1.70 bits per heavy atom. The van der Waals surface area contributed by atoms with Crippen molar-refractivity contribution in [3.63, 3.8) is 0 Å². The van der Waals surface area contributed by atoms with Gasteiger partial charge in [0.2, 0.25) is 0 Å². The van der Waals surface area contributed by atoms with Crippen LogP contribution in [-0.2, 0) is 0 Å². The van der Waals surface area contributed by atoms with Gasteiger partial charge < -0.3 is 10.1 Å². The zero-order chi connectivity index (χ0) is 14.5. The average Bonchev–Trinajstić information content (AvgIpc) is 2.39. The van der Waals surface area contributed by atoms with Gasteiger partial charge in [0.15, 0.2) is 0 Å². The summed E-state index contributed by atoms with van der Waals surface area (Å²) in [5.41, 5.74) is 0. The molecule has 1 aromatic rings. The minimum atomic E-state index is 0.673. The molecule has 1 fully saturated rings. The largest absolute Gasteiger partial charge is 0.490 e. The highest BCUT2D eigenvalue weighted by Crippen LogP contribution is 2.36. The lowest BCUT2D eigenvalue weighted by Crippen LogP contribution is -2.35. The van der Waals surface area contributed by atoms with Crippen molar-refractivity contribution in [3.8, 4) is 5.75 Å². The van der Waals surface area contributed by atoms with Crippen molar-refractivity contribution in [2.75, 3.05) is 13.2 Å². The van der Waals surface area contributed by atoms with Crippen molar-refractivity contribution in [2.24, 2.45) is 5.92 Å². The summed E-state index contributed by atoms with van der Waals surface area (Å²) < 4.78 is 8.81. The van der Waals surface area contributed by atoms with Crippen molar-refractivity contribution in [3.05, 3.63) is 25.6 Å². The molecule has 0 spiro atoms. The second kappa shape index (κ2) is 8.16. The third kappa shape index (κ3) is 5.00. The Morgan fingerprint density at radius 1 is 1.10 bits per heavy atom. The van der Waals surface area contributed by atoms with E-state index in [1.807, 2.05) is 12.1 Å². The molecule has 20 heavy (non-hydrogen) atoms. The predicted molar refractivity (Wildman–Crippen MR) is 94.5 cm³/mol. The second-order valence-corrected chi connectivity index (χ2v) is 8.08. The van der Waals surface area contributed by atoms with E-state index in [0.29, 0.717) is 12.6 Å². The van der Waals surface area contributed by atoms with E-state index in [2.05, 4.69) is 60.0 Å². The molecule has 0 atom stereocenters. The quantitative estimate of drug-likeness (QED) is 0.573. The Morgan fingerprint density at radius 3 is 2.30 bits per heavy atom. The van der Waals surface area contributed by atoms with Crippen LogP contribution in [0.1, 0.15) is 32.6 Å². The molecule has 1 N–H and O–H groups in total. The maximum atomic E-state index is 5.86. The topological polar surface area (TPSA) is 21.3 Å². The SMILES string of the molecule is CC1CCC(NCCOc2c(Br)cc(Br)cc2Br)CC1. The molecule has 5 heteroatoms. The van der Waals surface area contributed by atoms with Crippen LogP contribution >= 0.6 is 47.8 Å². The van der Waals surface area contributed by atoms with Crippen LogP contribution in [0.2, 0.25) is 0 Å². The van der Waals surface area contributed by atoms with Crippen LogP contribution in [0, 0.1) is 5.92 Å². The number of benzene rings is 1. The van der Waals surface area contributed by atoms with Crippen LogP contribution in [0.25, 0.3) is 0 Å². The number of nitrogens with one attached hydrogen (secondary N) is 1. The van der Waals surface area contributed by atoms with Gasteiger partial charge in [-0.2, -0.15) is 0 Å². The fourth-order valence-electron chi connectivity index (χ4n) is 2.55. The lowest BCUT2D eigenvalue weighted by molar-refractivity contribution is 0.269. The summed E-state index contributed by atoms with van der Waals surface area (Å²) in [5, 5.41) is 3.60. The molecule has 0 unspecified atom stereocenters. The lowest BCUT2D eigenvalue weighted by atomic mass is 9.87. The molecule has 1 aliphatic rings. The normalized spacial score (nSPS) is 22.8. The Balaban J connectivity index is 1.74. The van der Waals surface area contributed by atoms with Crippen LogP contribution in [0.3, 0.4) is 0 Å². The molecule has 0 saturated heterocycles. The first kappa shape index (κ1) is 16.8. The Bertz CT molecular complexity index is 422. The maximum Gasteiger partial charge on any atom is 0.147 e. The molecule has 112 valence electrons. The summed E-state index contributed by atoms with van der Waals surface area (Å²) in [6.45, 7) is 3.93. The van der Waals surface area contributed by atoms with E-state index in [1.165, 1.54) is 25.7 Å². The average molecular weight is 470 g/mol. The Labute approximate surface area is 146 Å².